The molecule has 0 radical (unpaired) electrons. The number of hydrogen-bond acceptors (Lipinski definition) is 4. The van der Waals surface area contributed by atoms with E-state index in [2.05, 4.69) is 46.9 Å². The molecule has 0 atom stereocenters. The van der Waals surface area contributed by atoms with Gasteiger partial charge in [0.2, 0.25) is 5.89 Å². The van der Waals surface area contributed by atoms with E-state index in [-0.39, 0.29) is 0 Å². The molecule has 0 unspecified atom stereocenters. The van der Waals surface area contributed by atoms with E-state index in [1.54, 1.807) is 11.3 Å². The lowest BCUT2D eigenvalue weighted by atomic mass is 10.2. The van der Waals surface area contributed by atoms with Crippen LogP contribution in [0.4, 0.5) is 0 Å². The zero-order valence-corrected chi connectivity index (χ0v) is 11.7. The van der Waals surface area contributed by atoms with Gasteiger partial charge in [-0.25, -0.2) is 4.98 Å². The lowest BCUT2D eigenvalue weighted by Gasteiger charge is -2.00. The monoisotopic (exact) mass is 272 g/mol. The summed E-state index contributed by atoms with van der Waals surface area (Å²) in [5.41, 5.74) is 3.05. The number of hydrogen-bond donors (Lipinski definition) is 1. The molecule has 98 valence electrons. The molecule has 0 aliphatic carbocycles. The van der Waals surface area contributed by atoms with E-state index in [9.17, 15) is 0 Å². The van der Waals surface area contributed by atoms with Crippen LogP contribution in [-0.4, -0.2) is 11.5 Å². The number of rotatable bonds is 5. The van der Waals surface area contributed by atoms with Crippen LogP contribution in [0.2, 0.25) is 0 Å². The Morgan fingerprint density at radius 1 is 1.32 bits per heavy atom. The van der Waals surface area contributed by atoms with Gasteiger partial charge in [0.05, 0.1) is 6.42 Å². The van der Waals surface area contributed by atoms with Gasteiger partial charge in [0.15, 0.2) is 5.58 Å². The van der Waals surface area contributed by atoms with Gasteiger partial charge in [0.25, 0.3) is 0 Å². The zero-order valence-electron chi connectivity index (χ0n) is 10.8. The van der Waals surface area contributed by atoms with Crippen molar-refractivity contribution in [3.63, 3.8) is 0 Å². The highest BCUT2D eigenvalue weighted by Gasteiger charge is 2.07. The topological polar surface area (TPSA) is 38.1 Å². The van der Waals surface area contributed by atoms with Crippen molar-refractivity contribution in [2.75, 3.05) is 6.54 Å². The molecule has 0 bridgehead atoms. The standard InChI is InChI=1S/C15H16N2OS/c1-2-16-10-11-5-6-14-13(8-11)17-15(18-14)9-12-4-3-7-19-12/h3-8,16H,2,9-10H2,1H3. The van der Waals surface area contributed by atoms with Crippen LogP contribution in [0.3, 0.4) is 0 Å². The minimum absolute atomic E-state index is 0.773. The molecule has 4 heteroatoms. The number of nitrogens with zero attached hydrogens (tertiary/aromatic N) is 1. The smallest absolute Gasteiger partial charge is 0.200 e. The van der Waals surface area contributed by atoms with Crippen LogP contribution in [0.1, 0.15) is 23.3 Å². The second-order valence-electron chi connectivity index (χ2n) is 4.45. The number of thiophene rings is 1. The van der Waals surface area contributed by atoms with Crippen molar-refractivity contribution in [1.29, 1.82) is 0 Å². The van der Waals surface area contributed by atoms with Gasteiger partial charge in [-0.3, -0.25) is 0 Å². The normalized spacial score (nSPS) is 11.2. The number of aromatic nitrogens is 1. The number of benzene rings is 1. The number of nitrogens with one attached hydrogen (secondary N) is 1. The van der Waals surface area contributed by atoms with Crippen LogP contribution in [0.5, 0.6) is 0 Å². The SMILES string of the molecule is CCNCc1ccc2oc(Cc3cccs3)nc2c1. The van der Waals surface area contributed by atoms with Crippen molar-refractivity contribution in [2.45, 2.75) is 19.9 Å². The van der Waals surface area contributed by atoms with Crippen molar-refractivity contribution in [2.24, 2.45) is 0 Å². The van der Waals surface area contributed by atoms with Gasteiger partial charge in [0.1, 0.15) is 5.52 Å². The summed E-state index contributed by atoms with van der Waals surface area (Å²) in [6, 6.07) is 10.4. The van der Waals surface area contributed by atoms with Gasteiger partial charge in [-0.2, -0.15) is 0 Å². The average molecular weight is 272 g/mol. The Hall–Kier alpha value is -1.65. The fourth-order valence-electron chi connectivity index (χ4n) is 2.04. The molecule has 0 saturated carbocycles. The molecule has 0 aliphatic rings. The second-order valence-corrected chi connectivity index (χ2v) is 5.48. The molecular weight excluding hydrogens is 256 g/mol. The van der Waals surface area contributed by atoms with E-state index in [1.807, 2.05) is 6.07 Å². The Morgan fingerprint density at radius 3 is 3.05 bits per heavy atom. The van der Waals surface area contributed by atoms with E-state index in [0.717, 1.165) is 36.5 Å². The number of oxazole rings is 1. The van der Waals surface area contributed by atoms with Gasteiger partial charge in [-0.15, -0.1) is 11.3 Å². The highest BCUT2D eigenvalue weighted by atomic mass is 32.1. The maximum absolute atomic E-state index is 5.78. The summed E-state index contributed by atoms with van der Waals surface area (Å²) in [5.74, 6) is 0.790. The fourth-order valence-corrected chi connectivity index (χ4v) is 2.73. The molecule has 0 fully saturated rings. The van der Waals surface area contributed by atoms with E-state index < -0.39 is 0 Å². The van der Waals surface area contributed by atoms with Crippen LogP contribution in [-0.2, 0) is 13.0 Å². The van der Waals surface area contributed by atoms with Gasteiger partial charge in [-0.1, -0.05) is 19.1 Å². The van der Waals surface area contributed by atoms with Crippen molar-refractivity contribution in [3.05, 3.63) is 52.0 Å². The van der Waals surface area contributed by atoms with E-state index in [1.165, 1.54) is 10.4 Å². The highest BCUT2D eigenvalue weighted by Crippen LogP contribution is 2.20. The summed E-state index contributed by atoms with van der Waals surface area (Å²) in [6.07, 6.45) is 0.773. The Bertz CT molecular complexity index is 658. The summed E-state index contributed by atoms with van der Waals surface area (Å²) in [7, 11) is 0. The largest absolute Gasteiger partial charge is 0.440 e. The number of fused-ring (bicyclic) bond motifs is 1. The van der Waals surface area contributed by atoms with Crippen molar-refractivity contribution < 1.29 is 4.42 Å². The summed E-state index contributed by atoms with van der Waals surface area (Å²) < 4.78 is 5.78. The van der Waals surface area contributed by atoms with Crippen LogP contribution < -0.4 is 5.32 Å². The molecule has 0 spiro atoms. The van der Waals surface area contributed by atoms with Crippen LogP contribution in [0.25, 0.3) is 11.1 Å². The van der Waals surface area contributed by atoms with E-state index in [0.29, 0.717) is 0 Å². The first-order chi connectivity index (χ1) is 9.35. The predicted molar refractivity (Wildman–Crippen MR) is 78.5 cm³/mol. The Balaban J connectivity index is 1.84. The van der Waals surface area contributed by atoms with Crippen molar-refractivity contribution in [3.8, 4) is 0 Å². The Labute approximate surface area is 116 Å². The van der Waals surface area contributed by atoms with Crippen LogP contribution in [0, 0.1) is 0 Å². The highest BCUT2D eigenvalue weighted by molar-refractivity contribution is 7.09. The fraction of sp³-hybridized carbons (Fsp3) is 0.267. The summed E-state index contributed by atoms with van der Waals surface area (Å²) in [6.45, 7) is 3.95. The minimum Gasteiger partial charge on any atom is -0.440 e. The maximum atomic E-state index is 5.78. The van der Waals surface area contributed by atoms with Gasteiger partial charge >= 0.3 is 0 Å². The summed E-state index contributed by atoms with van der Waals surface area (Å²) >= 11 is 1.73. The molecule has 2 heterocycles. The molecule has 0 amide bonds. The molecule has 3 rings (SSSR count). The van der Waals surface area contributed by atoms with E-state index in [4.69, 9.17) is 4.42 Å². The third-order valence-electron chi connectivity index (χ3n) is 2.98. The lowest BCUT2D eigenvalue weighted by molar-refractivity contribution is 0.545. The predicted octanol–water partition coefficient (Wildman–Crippen LogP) is 3.59. The third-order valence-corrected chi connectivity index (χ3v) is 3.86. The van der Waals surface area contributed by atoms with Crippen molar-refractivity contribution in [1.82, 2.24) is 10.3 Å². The molecule has 3 nitrogen and oxygen atoms in total. The van der Waals surface area contributed by atoms with E-state index >= 15 is 0 Å². The summed E-state index contributed by atoms with van der Waals surface area (Å²) in [4.78, 5) is 5.85. The molecule has 1 N–H and O–H groups in total. The van der Waals surface area contributed by atoms with Crippen LogP contribution in [0.15, 0.2) is 40.1 Å². The third kappa shape index (κ3) is 2.85. The quantitative estimate of drug-likeness (QED) is 0.771. The molecule has 0 aliphatic heterocycles. The first-order valence-electron chi connectivity index (χ1n) is 6.46. The molecule has 2 aromatic heterocycles. The first-order valence-corrected chi connectivity index (χ1v) is 7.34. The lowest BCUT2D eigenvalue weighted by Crippen LogP contribution is -2.11. The molecule has 3 aromatic rings. The van der Waals surface area contributed by atoms with Crippen molar-refractivity contribution >= 4 is 22.4 Å². The van der Waals surface area contributed by atoms with Gasteiger partial charge in [-0.05, 0) is 35.7 Å². The molecule has 1 aromatic carbocycles. The Morgan fingerprint density at radius 2 is 2.26 bits per heavy atom. The average Bonchev–Trinajstić information content (AvgIpc) is 3.04. The minimum atomic E-state index is 0.773. The second kappa shape index (κ2) is 5.55. The zero-order chi connectivity index (χ0) is 13.1. The summed E-state index contributed by atoms with van der Waals surface area (Å²) in [5, 5.41) is 5.39. The maximum Gasteiger partial charge on any atom is 0.200 e. The molecular formula is C15H16N2OS. The first kappa shape index (κ1) is 12.4. The molecule has 0 saturated heterocycles. The Kier molecular flexibility index (Phi) is 3.62. The van der Waals surface area contributed by atoms with Crippen LogP contribution >= 0.6 is 11.3 Å². The molecule has 19 heavy (non-hydrogen) atoms. The van der Waals surface area contributed by atoms with Gasteiger partial charge in [0, 0.05) is 11.4 Å². The van der Waals surface area contributed by atoms with Gasteiger partial charge < -0.3 is 9.73 Å².